The molecule has 0 bridgehead atoms. The molecule has 0 aliphatic rings. The minimum atomic E-state index is 0.700. The summed E-state index contributed by atoms with van der Waals surface area (Å²) in [5.74, 6) is 0.700. The first-order valence-electron chi connectivity index (χ1n) is 11.4. The third kappa shape index (κ3) is 2.25. The first kappa shape index (κ1) is 18.2. The third-order valence-electron chi connectivity index (χ3n) is 6.89. The van der Waals surface area contributed by atoms with E-state index < -0.39 is 0 Å². The smallest absolute Gasteiger partial charge is 0.234 e. The van der Waals surface area contributed by atoms with Gasteiger partial charge in [0, 0.05) is 48.7 Å². The van der Waals surface area contributed by atoms with E-state index in [-0.39, 0.29) is 0 Å². The molecule has 0 atom stereocenters. The average Bonchev–Trinajstić information content (AvgIpc) is 3.45. The van der Waals surface area contributed by atoms with Crippen LogP contribution >= 0.6 is 11.3 Å². The lowest BCUT2D eigenvalue weighted by molar-refractivity contribution is 0.993. The van der Waals surface area contributed by atoms with Crippen LogP contribution in [0.5, 0.6) is 0 Å². The number of thiophene rings is 1. The van der Waals surface area contributed by atoms with Crippen molar-refractivity contribution in [3.8, 4) is 5.95 Å². The molecule has 158 valence electrons. The van der Waals surface area contributed by atoms with Crippen LogP contribution in [0.2, 0.25) is 0 Å². The molecule has 34 heavy (non-hydrogen) atoms. The predicted octanol–water partition coefficient (Wildman–Crippen LogP) is 8.25. The number of benzene rings is 5. The van der Waals surface area contributed by atoms with E-state index in [0.717, 1.165) is 0 Å². The summed E-state index contributed by atoms with van der Waals surface area (Å²) in [6.45, 7) is 0. The molecule has 8 aromatic rings. The minimum Gasteiger partial charge on any atom is -0.277 e. The predicted molar refractivity (Wildman–Crippen MR) is 144 cm³/mol. The number of aromatic nitrogens is 3. The molecular formula is C30H17N3S. The maximum atomic E-state index is 4.73. The van der Waals surface area contributed by atoms with Gasteiger partial charge >= 0.3 is 0 Å². The summed E-state index contributed by atoms with van der Waals surface area (Å²) in [4.78, 5) is 9.47. The van der Waals surface area contributed by atoms with Gasteiger partial charge in [-0.25, -0.2) is 9.97 Å². The van der Waals surface area contributed by atoms with E-state index in [9.17, 15) is 0 Å². The molecule has 0 N–H and O–H groups in total. The lowest BCUT2D eigenvalue weighted by Crippen LogP contribution is -2.00. The van der Waals surface area contributed by atoms with Crippen LogP contribution in [-0.2, 0) is 0 Å². The molecule has 3 nitrogen and oxygen atoms in total. The van der Waals surface area contributed by atoms with Gasteiger partial charge in [-0.05, 0) is 34.4 Å². The van der Waals surface area contributed by atoms with Gasteiger partial charge < -0.3 is 0 Å². The van der Waals surface area contributed by atoms with Crippen LogP contribution in [0.1, 0.15) is 0 Å². The zero-order valence-corrected chi connectivity index (χ0v) is 18.9. The van der Waals surface area contributed by atoms with Crippen molar-refractivity contribution in [2.45, 2.75) is 0 Å². The molecule has 0 radical (unpaired) electrons. The normalized spacial score (nSPS) is 12.1. The van der Waals surface area contributed by atoms with Crippen molar-refractivity contribution in [1.29, 1.82) is 0 Å². The Labute approximate surface area is 198 Å². The highest BCUT2D eigenvalue weighted by Gasteiger charge is 2.22. The van der Waals surface area contributed by atoms with Crippen molar-refractivity contribution in [3.63, 3.8) is 0 Å². The summed E-state index contributed by atoms with van der Waals surface area (Å²) < 4.78 is 4.87. The van der Waals surface area contributed by atoms with E-state index in [1.807, 2.05) is 29.8 Å². The lowest BCUT2D eigenvalue weighted by atomic mass is 9.96. The number of rotatable bonds is 1. The Morgan fingerprint density at radius 2 is 1.09 bits per heavy atom. The lowest BCUT2D eigenvalue weighted by Gasteiger charge is -2.10. The van der Waals surface area contributed by atoms with Crippen LogP contribution in [-0.4, -0.2) is 14.5 Å². The van der Waals surface area contributed by atoms with Crippen molar-refractivity contribution in [3.05, 3.63) is 103 Å². The summed E-state index contributed by atoms with van der Waals surface area (Å²) in [6, 6.07) is 32.6. The third-order valence-corrected chi connectivity index (χ3v) is 8.03. The summed E-state index contributed by atoms with van der Waals surface area (Å²) in [5.41, 5.74) is 2.34. The summed E-state index contributed by atoms with van der Waals surface area (Å²) in [6.07, 6.45) is 3.66. The Bertz CT molecular complexity index is 2070. The van der Waals surface area contributed by atoms with Gasteiger partial charge in [0.2, 0.25) is 5.95 Å². The van der Waals surface area contributed by atoms with E-state index in [1.54, 1.807) is 0 Å². The fourth-order valence-corrected chi connectivity index (χ4v) is 6.69. The van der Waals surface area contributed by atoms with E-state index >= 15 is 0 Å². The molecule has 0 spiro atoms. The van der Waals surface area contributed by atoms with Gasteiger partial charge in [-0.2, -0.15) is 0 Å². The van der Waals surface area contributed by atoms with Crippen molar-refractivity contribution in [2.24, 2.45) is 0 Å². The van der Waals surface area contributed by atoms with E-state index in [2.05, 4.69) is 89.5 Å². The second kappa shape index (κ2) is 6.62. The molecule has 0 fully saturated rings. The number of hydrogen-bond acceptors (Lipinski definition) is 3. The molecule has 3 heterocycles. The highest BCUT2D eigenvalue weighted by molar-refractivity contribution is 7.26. The van der Waals surface area contributed by atoms with Crippen LogP contribution < -0.4 is 0 Å². The molecule has 0 aliphatic heterocycles. The van der Waals surface area contributed by atoms with E-state index in [4.69, 9.17) is 9.97 Å². The molecule has 3 aromatic heterocycles. The quantitative estimate of drug-likeness (QED) is 0.235. The van der Waals surface area contributed by atoms with Crippen LogP contribution in [0.25, 0.3) is 69.5 Å². The van der Waals surface area contributed by atoms with Crippen molar-refractivity contribution in [1.82, 2.24) is 14.5 Å². The molecule has 0 saturated carbocycles. The molecule has 4 heteroatoms. The summed E-state index contributed by atoms with van der Waals surface area (Å²) in [5, 5.41) is 10.0. The Kier molecular flexibility index (Phi) is 3.54. The Hall–Kier alpha value is -4.28. The summed E-state index contributed by atoms with van der Waals surface area (Å²) >= 11 is 1.84. The van der Waals surface area contributed by atoms with Gasteiger partial charge in [0.25, 0.3) is 0 Å². The van der Waals surface area contributed by atoms with Gasteiger partial charge in [-0.1, -0.05) is 72.8 Å². The second-order valence-corrected chi connectivity index (χ2v) is 9.72. The van der Waals surface area contributed by atoms with Crippen molar-refractivity contribution in [2.75, 3.05) is 0 Å². The molecule has 0 amide bonds. The van der Waals surface area contributed by atoms with Crippen LogP contribution in [0.3, 0.4) is 0 Å². The Morgan fingerprint density at radius 3 is 1.88 bits per heavy atom. The topological polar surface area (TPSA) is 30.7 Å². The van der Waals surface area contributed by atoms with Crippen LogP contribution in [0.4, 0.5) is 0 Å². The molecule has 5 aromatic carbocycles. The minimum absolute atomic E-state index is 0.700. The highest BCUT2D eigenvalue weighted by Crippen LogP contribution is 2.46. The molecular weight excluding hydrogens is 434 g/mol. The van der Waals surface area contributed by atoms with Gasteiger partial charge in [0.15, 0.2) is 0 Å². The van der Waals surface area contributed by atoms with Crippen LogP contribution in [0.15, 0.2) is 103 Å². The van der Waals surface area contributed by atoms with Crippen molar-refractivity contribution >= 4 is 74.9 Å². The van der Waals surface area contributed by atoms with Gasteiger partial charge in [0.05, 0.1) is 11.0 Å². The zero-order valence-electron chi connectivity index (χ0n) is 18.1. The SMILES string of the molecule is c1cnc(-n2c3c(ccc4sc5ccccc5c43)c3c4ccccc4c4ccccc4c32)nc1. The monoisotopic (exact) mass is 451 g/mol. The molecule has 8 rings (SSSR count). The maximum absolute atomic E-state index is 4.73. The van der Waals surface area contributed by atoms with Crippen molar-refractivity contribution < 1.29 is 0 Å². The van der Waals surface area contributed by atoms with E-state index in [1.165, 1.54) is 63.5 Å². The fraction of sp³-hybridized carbons (Fsp3) is 0. The molecule has 0 aliphatic carbocycles. The maximum Gasteiger partial charge on any atom is 0.234 e. The average molecular weight is 452 g/mol. The highest BCUT2D eigenvalue weighted by atomic mass is 32.1. The largest absolute Gasteiger partial charge is 0.277 e. The van der Waals surface area contributed by atoms with Crippen LogP contribution in [0, 0.1) is 0 Å². The number of fused-ring (bicyclic) bond motifs is 12. The van der Waals surface area contributed by atoms with E-state index in [0.29, 0.717) is 5.95 Å². The standard InChI is InChI=1S/C30H17N3S/c1-3-10-20-18(8-1)19-9-2-4-11-21(19)28-26(20)23-14-15-25-27(22-12-5-6-13-24(22)34-25)29(23)33(28)30-31-16-7-17-32-30/h1-17H. The zero-order chi connectivity index (χ0) is 22.2. The number of hydrogen-bond donors (Lipinski definition) is 0. The Balaban J connectivity index is 1.79. The van der Waals surface area contributed by atoms with Gasteiger partial charge in [0.1, 0.15) is 0 Å². The second-order valence-electron chi connectivity index (χ2n) is 8.63. The Morgan fingerprint density at radius 1 is 0.471 bits per heavy atom. The first-order chi connectivity index (χ1) is 16.9. The summed E-state index contributed by atoms with van der Waals surface area (Å²) in [7, 11) is 0. The molecule has 0 saturated heterocycles. The fourth-order valence-electron chi connectivity index (χ4n) is 5.58. The van der Waals surface area contributed by atoms with Gasteiger partial charge in [-0.15, -0.1) is 11.3 Å². The van der Waals surface area contributed by atoms with Gasteiger partial charge in [-0.3, -0.25) is 4.57 Å². The molecule has 0 unspecified atom stereocenters. The first-order valence-corrected chi connectivity index (χ1v) is 12.2. The number of nitrogens with zero attached hydrogens (tertiary/aromatic N) is 3.